The van der Waals surface area contributed by atoms with E-state index in [9.17, 15) is 4.79 Å². The van der Waals surface area contributed by atoms with E-state index in [0.717, 1.165) is 56.8 Å². The average molecular weight is 516 g/mol. The number of para-hydroxylation sites is 1. The number of aryl methyl sites for hydroxylation is 1. The van der Waals surface area contributed by atoms with Gasteiger partial charge in [0.05, 0.1) is 27.7 Å². The van der Waals surface area contributed by atoms with E-state index in [4.69, 9.17) is 4.74 Å². The Kier molecular flexibility index (Phi) is 9.43. The van der Waals surface area contributed by atoms with E-state index in [1.807, 2.05) is 20.0 Å². The van der Waals surface area contributed by atoms with Crippen molar-refractivity contribution >= 4 is 57.5 Å². The van der Waals surface area contributed by atoms with Crippen LogP contribution in [0.3, 0.4) is 0 Å². The van der Waals surface area contributed by atoms with Crippen molar-refractivity contribution < 1.29 is 9.53 Å². The lowest BCUT2D eigenvalue weighted by molar-refractivity contribution is -0.149. The number of halogens is 1. The lowest BCUT2D eigenvalue weighted by Crippen LogP contribution is -2.47. The molecule has 0 bridgehead atoms. The van der Waals surface area contributed by atoms with Gasteiger partial charge in [0, 0.05) is 33.1 Å². The van der Waals surface area contributed by atoms with Crippen molar-refractivity contribution in [3.05, 3.63) is 29.3 Å². The standard InChI is InChI=1S/C20H28N4O2S.HI/c1-3-26-19(25)15-10-13-24(14-11-15)20(21-2)22-12-6-9-18-23-16-7-4-5-8-17(16)27-18;/h4-5,7-8,15H,3,6,9-14H2,1-2H3,(H,21,22);1H. The highest BCUT2D eigenvalue weighted by Gasteiger charge is 2.27. The molecule has 0 amide bonds. The highest BCUT2D eigenvalue weighted by atomic mass is 127. The molecule has 6 nitrogen and oxygen atoms in total. The van der Waals surface area contributed by atoms with Gasteiger partial charge >= 0.3 is 5.97 Å². The van der Waals surface area contributed by atoms with Gasteiger partial charge in [-0.2, -0.15) is 0 Å². The van der Waals surface area contributed by atoms with Crippen molar-refractivity contribution in [2.75, 3.05) is 33.3 Å². The fraction of sp³-hybridized carbons (Fsp3) is 0.550. The topological polar surface area (TPSA) is 66.8 Å². The molecule has 1 N–H and O–H groups in total. The number of nitrogens with zero attached hydrogens (tertiary/aromatic N) is 3. The molecule has 1 aromatic carbocycles. The molecular weight excluding hydrogens is 487 g/mol. The second-order valence-electron chi connectivity index (χ2n) is 6.67. The number of carbonyl (C=O) groups excluding carboxylic acids is 1. The predicted octanol–water partition coefficient (Wildman–Crippen LogP) is 3.70. The number of piperidine rings is 1. The quantitative estimate of drug-likeness (QED) is 0.209. The third-order valence-corrected chi connectivity index (χ3v) is 5.91. The Bertz CT molecular complexity index is 754. The number of carbonyl (C=O) groups is 1. The summed E-state index contributed by atoms with van der Waals surface area (Å²) >= 11 is 1.77. The Labute approximate surface area is 187 Å². The van der Waals surface area contributed by atoms with Crippen LogP contribution in [0.15, 0.2) is 29.3 Å². The van der Waals surface area contributed by atoms with Crippen molar-refractivity contribution in [3.63, 3.8) is 0 Å². The number of likely N-dealkylation sites (tertiary alicyclic amines) is 1. The number of fused-ring (bicyclic) bond motifs is 1. The van der Waals surface area contributed by atoms with Crippen LogP contribution in [0.25, 0.3) is 10.2 Å². The van der Waals surface area contributed by atoms with Crippen molar-refractivity contribution in [1.82, 2.24) is 15.2 Å². The summed E-state index contributed by atoms with van der Waals surface area (Å²) in [5, 5.41) is 4.63. The van der Waals surface area contributed by atoms with Crippen LogP contribution in [0.2, 0.25) is 0 Å². The summed E-state index contributed by atoms with van der Waals surface area (Å²) in [6.45, 7) is 4.84. The van der Waals surface area contributed by atoms with Crippen LogP contribution < -0.4 is 5.32 Å². The summed E-state index contributed by atoms with van der Waals surface area (Å²) in [6.07, 6.45) is 3.63. The molecule has 8 heteroatoms. The van der Waals surface area contributed by atoms with Gasteiger partial charge in [0.2, 0.25) is 0 Å². The molecular formula is C20H29IN4O2S. The van der Waals surface area contributed by atoms with Gasteiger partial charge in [-0.1, -0.05) is 12.1 Å². The number of hydrogen-bond acceptors (Lipinski definition) is 5. The first-order chi connectivity index (χ1) is 13.2. The van der Waals surface area contributed by atoms with E-state index in [1.54, 1.807) is 11.3 Å². The third-order valence-electron chi connectivity index (χ3n) is 4.81. The van der Waals surface area contributed by atoms with Gasteiger partial charge in [-0.05, 0) is 38.3 Å². The van der Waals surface area contributed by atoms with Gasteiger partial charge in [0.1, 0.15) is 0 Å². The lowest BCUT2D eigenvalue weighted by atomic mass is 9.97. The Morgan fingerprint density at radius 1 is 1.36 bits per heavy atom. The smallest absolute Gasteiger partial charge is 0.309 e. The third kappa shape index (κ3) is 6.04. The molecule has 0 unspecified atom stereocenters. The number of esters is 1. The number of benzene rings is 1. The zero-order chi connectivity index (χ0) is 19.1. The van der Waals surface area contributed by atoms with E-state index < -0.39 is 0 Å². The molecule has 0 saturated carbocycles. The van der Waals surface area contributed by atoms with E-state index in [-0.39, 0.29) is 35.9 Å². The number of aromatic nitrogens is 1. The maximum atomic E-state index is 11.9. The first-order valence-electron chi connectivity index (χ1n) is 9.68. The molecule has 1 aliphatic rings. The molecule has 1 fully saturated rings. The number of thiazole rings is 1. The van der Waals surface area contributed by atoms with Crippen LogP contribution in [0, 0.1) is 5.92 Å². The largest absolute Gasteiger partial charge is 0.466 e. The van der Waals surface area contributed by atoms with E-state index >= 15 is 0 Å². The van der Waals surface area contributed by atoms with Crippen molar-refractivity contribution in [2.45, 2.75) is 32.6 Å². The Morgan fingerprint density at radius 2 is 2.11 bits per heavy atom. The van der Waals surface area contributed by atoms with Crippen molar-refractivity contribution in [3.8, 4) is 0 Å². The number of nitrogens with one attached hydrogen (secondary N) is 1. The van der Waals surface area contributed by atoms with Gasteiger partial charge in [0.25, 0.3) is 0 Å². The summed E-state index contributed by atoms with van der Waals surface area (Å²) in [5.41, 5.74) is 1.09. The van der Waals surface area contributed by atoms with E-state index in [2.05, 4.69) is 38.4 Å². The number of guanidine groups is 1. The second kappa shape index (κ2) is 11.5. The van der Waals surface area contributed by atoms with Crippen LogP contribution in [0.1, 0.15) is 31.2 Å². The van der Waals surface area contributed by atoms with Gasteiger partial charge < -0.3 is 15.0 Å². The molecule has 2 aromatic rings. The van der Waals surface area contributed by atoms with Crippen molar-refractivity contribution in [1.29, 1.82) is 0 Å². The maximum absolute atomic E-state index is 11.9. The highest BCUT2D eigenvalue weighted by Crippen LogP contribution is 2.22. The van der Waals surface area contributed by atoms with Gasteiger partial charge in [-0.25, -0.2) is 4.98 Å². The monoisotopic (exact) mass is 516 g/mol. The SMILES string of the molecule is CCOC(=O)C1CCN(C(=NC)NCCCc2nc3ccccc3s2)CC1.I. The zero-order valence-corrected chi connectivity index (χ0v) is 19.7. The van der Waals surface area contributed by atoms with Gasteiger partial charge in [-0.15, -0.1) is 35.3 Å². The van der Waals surface area contributed by atoms with Crippen LogP contribution in [-0.4, -0.2) is 55.1 Å². The van der Waals surface area contributed by atoms with Crippen molar-refractivity contribution in [2.24, 2.45) is 10.9 Å². The van der Waals surface area contributed by atoms with Crippen LogP contribution in [0.4, 0.5) is 0 Å². The van der Waals surface area contributed by atoms with Gasteiger partial charge in [-0.3, -0.25) is 9.79 Å². The summed E-state index contributed by atoms with van der Waals surface area (Å²) in [4.78, 5) is 23.2. The molecule has 0 spiro atoms. The highest BCUT2D eigenvalue weighted by molar-refractivity contribution is 14.0. The molecule has 1 saturated heterocycles. The average Bonchev–Trinajstić information content (AvgIpc) is 3.11. The predicted molar refractivity (Wildman–Crippen MR) is 126 cm³/mol. The molecule has 0 atom stereocenters. The molecule has 1 aliphatic heterocycles. The molecule has 0 radical (unpaired) electrons. The first-order valence-corrected chi connectivity index (χ1v) is 10.5. The molecule has 154 valence electrons. The number of hydrogen-bond donors (Lipinski definition) is 1. The van der Waals surface area contributed by atoms with E-state index in [0.29, 0.717) is 6.61 Å². The fourth-order valence-corrected chi connectivity index (χ4v) is 4.40. The normalized spacial score (nSPS) is 15.4. The minimum atomic E-state index is -0.0593. The van der Waals surface area contributed by atoms with Crippen LogP contribution >= 0.6 is 35.3 Å². The minimum absolute atomic E-state index is 0. The minimum Gasteiger partial charge on any atom is -0.466 e. The Morgan fingerprint density at radius 3 is 2.79 bits per heavy atom. The fourth-order valence-electron chi connectivity index (χ4n) is 3.39. The Hall–Kier alpha value is -1.42. The summed E-state index contributed by atoms with van der Waals surface area (Å²) in [6, 6.07) is 8.27. The number of aliphatic imine (C=N–C) groups is 1. The summed E-state index contributed by atoms with van der Waals surface area (Å²) in [7, 11) is 1.81. The lowest BCUT2D eigenvalue weighted by Gasteiger charge is -2.33. The summed E-state index contributed by atoms with van der Waals surface area (Å²) in [5.74, 6) is 0.885. The molecule has 1 aromatic heterocycles. The summed E-state index contributed by atoms with van der Waals surface area (Å²) < 4.78 is 6.39. The Balaban J connectivity index is 0.00000280. The molecule has 0 aliphatic carbocycles. The van der Waals surface area contributed by atoms with Crippen LogP contribution in [0.5, 0.6) is 0 Å². The second-order valence-corrected chi connectivity index (χ2v) is 7.78. The number of rotatable bonds is 6. The molecule has 3 rings (SSSR count). The molecule has 2 heterocycles. The first kappa shape index (κ1) is 22.9. The molecule has 28 heavy (non-hydrogen) atoms. The van der Waals surface area contributed by atoms with Gasteiger partial charge in [0.15, 0.2) is 5.96 Å². The maximum Gasteiger partial charge on any atom is 0.309 e. The van der Waals surface area contributed by atoms with E-state index in [1.165, 1.54) is 9.71 Å². The zero-order valence-electron chi connectivity index (χ0n) is 16.5. The van der Waals surface area contributed by atoms with Crippen LogP contribution in [-0.2, 0) is 16.0 Å². The number of ether oxygens (including phenoxy) is 1.